The molecule has 2 N–H and O–H groups in total. The lowest BCUT2D eigenvalue weighted by Gasteiger charge is -2.16. The van der Waals surface area contributed by atoms with Crippen LogP contribution in [0.1, 0.15) is 20.3 Å². The lowest BCUT2D eigenvalue weighted by molar-refractivity contribution is -0.139. The number of rotatable bonds is 6. The summed E-state index contributed by atoms with van der Waals surface area (Å²) in [5, 5.41) is 9.84. The number of hydrogen-bond acceptors (Lipinski definition) is 4. The Balaban J connectivity index is 2.33. The predicted octanol–water partition coefficient (Wildman–Crippen LogP) is 2.01. The Labute approximate surface area is 129 Å². The molecular formula is C15H18N2O4S. The standard InChI is InChI=1S/C15H18N2O4S/c1-10(2)7-14(15(18)19)17-22(20,21)12-8-11-5-3-4-6-13(11)16-9-12/h3-6,8-10,14,17H,7H2,1-2H3,(H,18,19)/t14-/m1/s1. The van der Waals surface area contributed by atoms with Crippen LogP contribution in [0.3, 0.4) is 0 Å². The minimum Gasteiger partial charge on any atom is -0.480 e. The number of carboxylic acids is 1. The zero-order chi connectivity index (χ0) is 16.3. The molecule has 0 radical (unpaired) electrons. The molecular weight excluding hydrogens is 304 g/mol. The number of para-hydroxylation sites is 1. The number of nitrogens with zero attached hydrogens (tertiary/aromatic N) is 1. The maximum absolute atomic E-state index is 12.4. The highest BCUT2D eigenvalue weighted by molar-refractivity contribution is 7.89. The lowest BCUT2D eigenvalue weighted by Crippen LogP contribution is -2.41. The maximum Gasteiger partial charge on any atom is 0.321 e. The van der Waals surface area contributed by atoms with E-state index in [0.29, 0.717) is 10.9 Å². The van der Waals surface area contributed by atoms with E-state index in [4.69, 9.17) is 5.11 Å². The van der Waals surface area contributed by atoms with E-state index in [1.54, 1.807) is 18.2 Å². The third-order valence-electron chi connectivity index (χ3n) is 3.18. The summed E-state index contributed by atoms with van der Waals surface area (Å²) in [6.07, 6.45) is 1.45. The number of carbonyl (C=O) groups is 1. The molecule has 1 atom stereocenters. The lowest BCUT2D eigenvalue weighted by atomic mass is 10.1. The van der Waals surface area contributed by atoms with E-state index in [0.717, 1.165) is 0 Å². The van der Waals surface area contributed by atoms with E-state index in [1.165, 1.54) is 12.3 Å². The van der Waals surface area contributed by atoms with Crippen molar-refractivity contribution in [2.45, 2.75) is 31.2 Å². The molecule has 1 heterocycles. The van der Waals surface area contributed by atoms with E-state index in [9.17, 15) is 13.2 Å². The Morgan fingerprint density at radius 3 is 2.64 bits per heavy atom. The van der Waals surface area contributed by atoms with Crippen LogP contribution in [-0.4, -0.2) is 30.5 Å². The number of fused-ring (bicyclic) bond motifs is 1. The molecule has 0 aliphatic rings. The van der Waals surface area contributed by atoms with Gasteiger partial charge >= 0.3 is 5.97 Å². The predicted molar refractivity (Wildman–Crippen MR) is 82.9 cm³/mol. The fourth-order valence-corrected chi connectivity index (χ4v) is 3.31. The molecule has 1 aromatic carbocycles. The second-order valence-corrected chi connectivity index (χ2v) is 7.22. The van der Waals surface area contributed by atoms with Gasteiger partial charge in [-0.3, -0.25) is 9.78 Å². The Hall–Kier alpha value is -1.99. The van der Waals surface area contributed by atoms with Crippen LogP contribution < -0.4 is 4.72 Å². The molecule has 0 spiro atoms. The zero-order valence-electron chi connectivity index (χ0n) is 12.4. The molecule has 22 heavy (non-hydrogen) atoms. The molecule has 0 bridgehead atoms. The Bertz CT molecular complexity index is 787. The minimum absolute atomic E-state index is 0.0405. The molecule has 0 saturated carbocycles. The second kappa shape index (κ2) is 6.41. The van der Waals surface area contributed by atoms with E-state index in [1.807, 2.05) is 19.9 Å². The van der Waals surface area contributed by atoms with Crippen LogP contribution in [0.15, 0.2) is 41.4 Å². The summed E-state index contributed by atoms with van der Waals surface area (Å²) in [5.74, 6) is -1.13. The Morgan fingerprint density at radius 2 is 2.00 bits per heavy atom. The first-order valence-corrected chi connectivity index (χ1v) is 8.38. The van der Waals surface area contributed by atoms with Gasteiger partial charge in [0.2, 0.25) is 10.0 Å². The van der Waals surface area contributed by atoms with Gasteiger partial charge in [-0.15, -0.1) is 0 Å². The van der Waals surface area contributed by atoms with Crippen molar-refractivity contribution >= 4 is 26.9 Å². The van der Waals surface area contributed by atoms with Gasteiger partial charge in [0, 0.05) is 11.6 Å². The average Bonchev–Trinajstić information content (AvgIpc) is 2.45. The van der Waals surface area contributed by atoms with Crippen LogP contribution in [0.5, 0.6) is 0 Å². The van der Waals surface area contributed by atoms with Crippen molar-refractivity contribution in [1.82, 2.24) is 9.71 Å². The van der Waals surface area contributed by atoms with Gasteiger partial charge in [0.1, 0.15) is 10.9 Å². The van der Waals surface area contributed by atoms with Crippen LogP contribution in [0.25, 0.3) is 10.9 Å². The number of aromatic nitrogens is 1. The number of aliphatic carboxylic acids is 1. The SMILES string of the molecule is CC(C)C[C@@H](NS(=O)(=O)c1cnc2ccccc2c1)C(=O)O. The molecule has 0 aliphatic heterocycles. The molecule has 2 rings (SSSR count). The minimum atomic E-state index is -3.93. The largest absolute Gasteiger partial charge is 0.480 e. The fraction of sp³-hybridized carbons (Fsp3) is 0.333. The van der Waals surface area contributed by atoms with Gasteiger partial charge in [-0.25, -0.2) is 8.42 Å². The van der Waals surface area contributed by atoms with Crippen LogP contribution >= 0.6 is 0 Å². The summed E-state index contributed by atoms with van der Waals surface area (Å²) in [6, 6.07) is 7.45. The summed E-state index contributed by atoms with van der Waals surface area (Å²) in [7, 11) is -3.93. The smallest absolute Gasteiger partial charge is 0.321 e. The van der Waals surface area contributed by atoms with Gasteiger partial charge in [0.25, 0.3) is 0 Å². The van der Waals surface area contributed by atoms with E-state index in [2.05, 4.69) is 9.71 Å². The molecule has 1 aromatic heterocycles. The number of hydrogen-bond donors (Lipinski definition) is 2. The third kappa shape index (κ3) is 3.80. The van der Waals surface area contributed by atoms with Crippen molar-refractivity contribution < 1.29 is 18.3 Å². The molecule has 2 aromatic rings. The highest BCUT2D eigenvalue weighted by Gasteiger charge is 2.26. The van der Waals surface area contributed by atoms with E-state index < -0.39 is 22.0 Å². The van der Waals surface area contributed by atoms with Gasteiger partial charge in [0.05, 0.1) is 5.52 Å². The summed E-state index contributed by atoms with van der Waals surface area (Å²) in [4.78, 5) is 15.3. The van der Waals surface area contributed by atoms with Crippen molar-refractivity contribution in [3.63, 3.8) is 0 Å². The summed E-state index contributed by atoms with van der Waals surface area (Å²) in [6.45, 7) is 3.67. The molecule has 118 valence electrons. The first-order chi connectivity index (χ1) is 10.3. The number of nitrogens with one attached hydrogen (secondary N) is 1. The molecule has 7 heteroatoms. The Morgan fingerprint density at radius 1 is 1.32 bits per heavy atom. The highest BCUT2D eigenvalue weighted by Crippen LogP contribution is 2.17. The van der Waals surface area contributed by atoms with Crippen molar-refractivity contribution in [3.05, 3.63) is 36.5 Å². The molecule has 0 fully saturated rings. The van der Waals surface area contributed by atoms with Crippen LogP contribution in [0.4, 0.5) is 0 Å². The van der Waals surface area contributed by atoms with Gasteiger partial charge in [-0.05, 0) is 24.5 Å². The van der Waals surface area contributed by atoms with E-state index in [-0.39, 0.29) is 17.2 Å². The van der Waals surface area contributed by atoms with Crippen molar-refractivity contribution in [1.29, 1.82) is 0 Å². The normalized spacial score (nSPS) is 13.4. The van der Waals surface area contributed by atoms with E-state index >= 15 is 0 Å². The van der Waals surface area contributed by atoms with Gasteiger partial charge in [-0.1, -0.05) is 32.0 Å². The van der Waals surface area contributed by atoms with Crippen LogP contribution in [-0.2, 0) is 14.8 Å². The van der Waals surface area contributed by atoms with Crippen molar-refractivity contribution in [2.75, 3.05) is 0 Å². The monoisotopic (exact) mass is 322 g/mol. The first kappa shape index (κ1) is 16.4. The number of benzene rings is 1. The van der Waals surface area contributed by atoms with Gasteiger partial charge in [-0.2, -0.15) is 4.72 Å². The summed E-state index contributed by atoms with van der Waals surface area (Å²) in [5.41, 5.74) is 0.679. The molecule has 0 unspecified atom stereocenters. The summed E-state index contributed by atoms with van der Waals surface area (Å²) >= 11 is 0. The van der Waals surface area contributed by atoms with Gasteiger partial charge < -0.3 is 5.11 Å². The van der Waals surface area contributed by atoms with Crippen LogP contribution in [0.2, 0.25) is 0 Å². The first-order valence-electron chi connectivity index (χ1n) is 6.89. The number of sulfonamides is 1. The molecule has 0 amide bonds. The van der Waals surface area contributed by atoms with Crippen molar-refractivity contribution in [2.24, 2.45) is 5.92 Å². The Kier molecular flexibility index (Phi) is 4.77. The fourth-order valence-electron chi connectivity index (χ4n) is 2.12. The van der Waals surface area contributed by atoms with Gasteiger partial charge in [0.15, 0.2) is 0 Å². The molecule has 6 nitrogen and oxygen atoms in total. The highest BCUT2D eigenvalue weighted by atomic mass is 32.2. The molecule has 0 aliphatic carbocycles. The number of carboxylic acid groups (broad SMARTS) is 1. The summed E-state index contributed by atoms with van der Waals surface area (Å²) < 4.78 is 27.0. The average molecular weight is 322 g/mol. The van der Waals surface area contributed by atoms with Crippen molar-refractivity contribution in [3.8, 4) is 0 Å². The molecule has 0 saturated heterocycles. The third-order valence-corrected chi connectivity index (χ3v) is 4.62. The topological polar surface area (TPSA) is 96.4 Å². The maximum atomic E-state index is 12.4. The van der Waals surface area contributed by atoms with Crippen LogP contribution in [0, 0.1) is 5.92 Å². The second-order valence-electron chi connectivity index (χ2n) is 5.51. The zero-order valence-corrected chi connectivity index (χ0v) is 13.2. The number of pyridine rings is 1. The quantitative estimate of drug-likeness (QED) is 0.848.